The van der Waals surface area contributed by atoms with Crippen molar-refractivity contribution >= 4 is 27.2 Å². The van der Waals surface area contributed by atoms with Crippen LogP contribution in [0.25, 0.3) is 15.9 Å². The van der Waals surface area contributed by atoms with Crippen molar-refractivity contribution in [1.82, 2.24) is 25.0 Å². The van der Waals surface area contributed by atoms with Crippen LogP contribution in [0, 0.1) is 0 Å². The Balaban J connectivity index is 2.03. The summed E-state index contributed by atoms with van der Waals surface area (Å²) < 4.78 is 7.62. The van der Waals surface area contributed by atoms with Gasteiger partial charge >= 0.3 is 0 Å². The SMILES string of the molecule is CCC1(C)Cc2c(sc3ncn4nnnc4c23)CO1. The largest absolute Gasteiger partial charge is 0.369 e. The Kier molecular flexibility index (Phi) is 2.19. The number of rotatable bonds is 1. The number of hydrogen-bond acceptors (Lipinski definition) is 6. The van der Waals surface area contributed by atoms with Crippen LogP contribution in [0.4, 0.5) is 0 Å². The van der Waals surface area contributed by atoms with Crippen LogP contribution in [0.5, 0.6) is 0 Å². The molecule has 0 saturated heterocycles. The summed E-state index contributed by atoms with van der Waals surface area (Å²) in [6.45, 7) is 4.98. The molecule has 0 N–H and O–H groups in total. The van der Waals surface area contributed by atoms with Crippen LogP contribution < -0.4 is 0 Å². The zero-order chi connectivity index (χ0) is 13.0. The van der Waals surface area contributed by atoms with E-state index < -0.39 is 0 Å². The van der Waals surface area contributed by atoms with Gasteiger partial charge in [0.15, 0.2) is 5.65 Å². The van der Waals surface area contributed by atoms with Crippen molar-refractivity contribution in [3.63, 3.8) is 0 Å². The fraction of sp³-hybridized carbons (Fsp3) is 0.500. The van der Waals surface area contributed by atoms with Gasteiger partial charge in [-0.05, 0) is 29.3 Å². The highest BCUT2D eigenvalue weighted by molar-refractivity contribution is 7.19. The van der Waals surface area contributed by atoms with Crippen LogP contribution in [-0.4, -0.2) is 30.6 Å². The molecule has 1 aliphatic heterocycles. The lowest BCUT2D eigenvalue weighted by Gasteiger charge is -2.32. The normalized spacial score (nSPS) is 23.1. The molecular weight excluding hydrogens is 262 g/mol. The molecule has 0 amide bonds. The van der Waals surface area contributed by atoms with Crippen LogP contribution in [0.1, 0.15) is 30.7 Å². The van der Waals surface area contributed by atoms with Gasteiger partial charge in [0.25, 0.3) is 0 Å². The van der Waals surface area contributed by atoms with Crippen molar-refractivity contribution in [2.24, 2.45) is 0 Å². The van der Waals surface area contributed by atoms with Crippen molar-refractivity contribution in [3.8, 4) is 0 Å². The summed E-state index contributed by atoms with van der Waals surface area (Å²) in [6.07, 6.45) is 3.55. The van der Waals surface area contributed by atoms with Gasteiger partial charge in [0.2, 0.25) is 0 Å². The molecule has 0 saturated carbocycles. The minimum absolute atomic E-state index is 0.0959. The fourth-order valence-corrected chi connectivity index (χ4v) is 3.62. The third-order valence-corrected chi connectivity index (χ3v) is 5.04. The number of fused-ring (bicyclic) bond motifs is 5. The Labute approximate surface area is 113 Å². The van der Waals surface area contributed by atoms with E-state index in [1.165, 1.54) is 10.4 Å². The maximum absolute atomic E-state index is 5.99. The highest BCUT2D eigenvalue weighted by Gasteiger charge is 2.32. The maximum Gasteiger partial charge on any atom is 0.191 e. The summed E-state index contributed by atoms with van der Waals surface area (Å²) in [5.74, 6) is 0. The summed E-state index contributed by atoms with van der Waals surface area (Å²) in [6, 6.07) is 0. The number of nitrogens with zero attached hydrogens (tertiary/aromatic N) is 5. The van der Waals surface area contributed by atoms with E-state index in [1.54, 1.807) is 22.2 Å². The molecule has 4 heterocycles. The van der Waals surface area contributed by atoms with Gasteiger partial charge < -0.3 is 4.74 Å². The van der Waals surface area contributed by atoms with Crippen LogP contribution in [0.3, 0.4) is 0 Å². The second kappa shape index (κ2) is 3.71. The lowest BCUT2D eigenvalue weighted by molar-refractivity contribution is -0.0542. The highest BCUT2D eigenvalue weighted by Crippen LogP contribution is 2.40. The van der Waals surface area contributed by atoms with Gasteiger partial charge in [-0.25, -0.2) is 4.98 Å². The predicted molar refractivity (Wildman–Crippen MR) is 71.1 cm³/mol. The minimum atomic E-state index is -0.0959. The van der Waals surface area contributed by atoms with Gasteiger partial charge in [-0.2, -0.15) is 4.52 Å². The topological polar surface area (TPSA) is 65.2 Å². The molecule has 3 aromatic rings. The molecule has 0 spiro atoms. The lowest BCUT2D eigenvalue weighted by Crippen LogP contribution is -2.33. The molecular formula is C12H13N5OS. The van der Waals surface area contributed by atoms with E-state index in [0.717, 1.165) is 28.7 Å². The molecule has 7 heteroatoms. The summed E-state index contributed by atoms with van der Waals surface area (Å²) in [5.41, 5.74) is 2.01. The molecule has 6 nitrogen and oxygen atoms in total. The molecule has 1 unspecified atom stereocenters. The van der Waals surface area contributed by atoms with Crippen molar-refractivity contribution in [1.29, 1.82) is 0 Å². The lowest BCUT2D eigenvalue weighted by atomic mass is 9.90. The molecule has 0 radical (unpaired) electrons. The monoisotopic (exact) mass is 275 g/mol. The third-order valence-electron chi connectivity index (χ3n) is 3.92. The van der Waals surface area contributed by atoms with Crippen molar-refractivity contribution < 1.29 is 4.74 Å². The highest BCUT2D eigenvalue weighted by atomic mass is 32.1. The Morgan fingerprint density at radius 3 is 3.26 bits per heavy atom. The van der Waals surface area contributed by atoms with Crippen molar-refractivity contribution in [2.45, 2.75) is 38.9 Å². The number of aromatic nitrogens is 5. The molecule has 4 rings (SSSR count). The molecule has 0 aromatic carbocycles. The zero-order valence-electron chi connectivity index (χ0n) is 10.8. The van der Waals surface area contributed by atoms with E-state index in [9.17, 15) is 0 Å². The van der Waals surface area contributed by atoms with E-state index in [1.807, 2.05) is 0 Å². The van der Waals surface area contributed by atoms with Crippen molar-refractivity contribution in [2.75, 3.05) is 0 Å². The number of ether oxygens (including phenoxy) is 1. The van der Waals surface area contributed by atoms with Gasteiger partial charge in [-0.3, -0.25) is 0 Å². The number of hydrogen-bond donors (Lipinski definition) is 0. The average Bonchev–Trinajstić information content (AvgIpc) is 3.01. The second-order valence-corrected chi connectivity index (χ2v) is 6.23. The molecule has 0 fully saturated rings. The van der Waals surface area contributed by atoms with Gasteiger partial charge in [-0.15, -0.1) is 16.4 Å². The van der Waals surface area contributed by atoms with E-state index in [2.05, 4.69) is 34.4 Å². The smallest absolute Gasteiger partial charge is 0.191 e. The number of thiophene rings is 1. The summed E-state index contributed by atoms with van der Waals surface area (Å²) in [5, 5.41) is 12.9. The van der Waals surface area contributed by atoms with Crippen LogP contribution in [0.2, 0.25) is 0 Å². The maximum atomic E-state index is 5.99. The van der Waals surface area contributed by atoms with Gasteiger partial charge in [0.05, 0.1) is 17.6 Å². The molecule has 1 atom stereocenters. The Bertz CT molecular complexity index is 779. The Hall–Kier alpha value is -1.60. The first kappa shape index (κ1) is 11.2. The van der Waals surface area contributed by atoms with Gasteiger partial charge in [0.1, 0.15) is 11.2 Å². The van der Waals surface area contributed by atoms with E-state index in [-0.39, 0.29) is 5.60 Å². The molecule has 1 aliphatic rings. The van der Waals surface area contributed by atoms with Crippen LogP contribution in [-0.2, 0) is 17.8 Å². The first-order valence-corrected chi connectivity index (χ1v) is 7.13. The first-order valence-electron chi connectivity index (χ1n) is 6.31. The standard InChI is InChI=1S/C12H13N5OS/c1-3-12(2)4-7-8(5-18-12)19-11-9(7)10-14-15-16-17(10)6-13-11/h6H,3-5H2,1-2H3. The van der Waals surface area contributed by atoms with E-state index >= 15 is 0 Å². The second-order valence-electron chi connectivity index (χ2n) is 5.14. The first-order chi connectivity index (χ1) is 9.20. The fourth-order valence-electron chi connectivity index (χ4n) is 2.56. The molecule has 19 heavy (non-hydrogen) atoms. The Morgan fingerprint density at radius 2 is 2.42 bits per heavy atom. The van der Waals surface area contributed by atoms with Gasteiger partial charge in [-0.1, -0.05) is 6.92 Å². The predicted octanol–water partition coefficient (Wildman–Crippen LogP) is 1.98. The Morgan fingerprint density at radius 1 is 1.53 bits per heavy atom. The summed E-state index contributed by atoms with van der Waals surface area (Å²) >= 11 is 1.68. The number of tetrazole rings is 1. The summed E-state index contributed by atoms with van der Waals surface area (Å²) in [7, 11) is 0. The molecule has 0 aliphatic carbocycles. The molecule has 0 bridgehead atoms. The van der Waals surface area contributed by atoms with Gasteiger partial charge in [0, 0.05) is 11.3 Å². The zero-order valence-corrected chi connectivity index (χ0v) is 11.6. The third kappa shape index (κ3) is 1.51. The van der Waals surface area contributed by atoms with Crippen molar-refractivity contribution in [3.05, 3.63) is 16.8 Å². The van der Waals surface area contributed by atoms with E-state index in [0.29, 0.717) is 6.61 Å². The summed E-state index contributed by atoms with van der Waals surface area (Å²) in [4.78, 5) is 6.69. The quantitative estimate of drug-likeness (QED) is 0.679. The van der Waals surface area contributed by atoms with E-state index in [4.69, 9.17) is 4.74 Å². The molecule has 98 valence electrons. The van der Waals surface area contributed by atoms with Crippen LogP contribution in [0.15, 0.2) is 6.33 Å². The molecule has 3 aromatic heterocycles. The van der Waals surface area contributed by atoms with Crippen LogP contribution >= 0.6 is 11.3 Å². The average molecular weight is 275 g/mol. The minimum Gasteiger partial charge on any atom is -0.369 e.